The number of carbonyl (C=O) groups excluding carboxylic acids is 1. The number of aromatic nitrogens is 1. The van der Waals surface area contributed by atoms with E-state index in [9.17, 15) is 9.90 Å². The highest BCUT2D eigenvalue weighted by molar-refractivity contribution is 7.20. The maximum Gasteiger partial charge on any atom is 0.348 e. The molecule has 1 saturated carbocycles. The van der Waals surface area contributed by atoms with Crippen LogP contribution >= 0.6 is 11.3 Å². The van der Waals surface area contributed by atoms with Crippen LogP contribution in [0, 0.1) is 0 Å². The van der Waals surface area contributed by atoms with E-state index in [-0.39, 0.29) is 18.0 Å². The van der Waals surface area contributed by atoms with Crippen LogP contribution in [-0.2, 0) is 4.74 Å². The first-order chi connectivity index (χ1) is 9.20. The van der Waals surface area contributed by atoms with Crippen molar-refractivity contribution in [3.05, 3.63) is 22.7 Å². The highest BCUT2D eigenvalue weighted by Crippen LogP contribution is 2.39. The molecule has 1 aliphatic carbocycles. The van der Waals surface area contributed by atoms with Gasteiger partial charge in [-0.1, -0.05) is 12.8 Å². The van der Waals surface area contributed by atoms with E-state index in [1.54, 1.807) is 0 Å². The first-order valence-electron chi connectivity index (χ1n) is 6.58. The summed E-state index contributed by atoms with van der Waals surface area (Å²) in [5, 5.41) is 10.2. The molecule has 2 aromatic heterocycles. The van der Waals surface area contributed by atoms with E-state index < -0.39 is 0 Å². The van der Waals surface area contributed by atoms with Gasteiger partial charge >= 0.3 is 5.97 Å². The summed E-state index contributed by atoms with van der Waals surface area (Å²) in [7, 11) is 1.39. The fourth-order valence-electron chi connectivity index (χ4n) is 2.88. The quantitative estimate of drug-likeness (QED) is 0.831. The third-order valence-corrected chi connectivity index (χ3v) is 5.06. The molecule has 0 radical (unpaired) electrons. The molecule has 1 aliphatic rings. The zero-order valence-electron chi connectivity index (χ0n) is 10.8. The Morgan fingerprint density at radius 2 is 2.26 bits per heavy atom. The summed E-state index contributed by atoms with van der Waals surface area (Å²) in [5.74, 6) is -0.114. The highest BCUT2D eigenvalue weighted by atomic mass is 32.1. The number of nitrogens with one attached hydrogen (secondary N) is 1. The molecular weight excluding hydrogens is 262 g/mol. The predicted octanol–water partition coefficient (Wildman–Crippen LogP) is 3.03. The van der Waals surface area contributed by atoms with Gasteiger partial charge < -0.3 is 14.8 Å². The Bertz CT molecular complexity index is 601. The molecule has 2 unspecified atom stereocenters. The Balaban J connectivity index is 1.99. The summed E-state index contributed by atoms with van der Waals surface area (Å²) >= 11 is 1.44. The average Bonchev–Trinajstić information content (AvgIpc) is 2.98. The molecular formula is C14H17NO3S. The molecule has 4 nitrogen and oxygen atoms in total. The van der Waals surface area contributed by atoms with Gasteiger partial charge in [-0.15, -0.1) is 11.3 Å². The number of esters is 1. The van der Waals surface area contributed by atoms with E-state index in [1.165, 1.54) is 18.4 Å². The number of ether oxygens (including phenoxy) is 1. The van der Waals surface area contributed by atoms with Crippen molar-refractivity contribution in [1.29, 1.82) is 0 Å². The summed E-state index contributed by atoms with van der Waals surface area (Å²) in [6, 6.07) is 1.82. The molecule has 2 atom stereocenters. The lowest BCUT2D eigenvalue weighted by Gasteiger charge is -2.27. The summed E-state index contributed by atoms with van der Waals surface area (Å²) in [6.07, 6.45) is 5.84. The molecule has 0 aromatic carbocycles. The van der Waals surface area contributed by atoms with Crippen molar-refractivity contribution >= 4 is 27.5 Å². The molecule has 102 valence electrons. The Morgan fingerprint density at radius 3 is 3.00 bits per heavy atom. The van der Waals surface area contributed by atoms with Gasteiger partial charge in [-0.25, -0.2) is 4.79 Å². The summed E-state index contributed by atoms with van der Waals surface area (Å²) < 4.78 is 5.83. The van der Waals surface area contributed by atoms with Crippen molar-refractivity contribution in [3.8, 4) is 0 Å². The minimum atomic E-state index is -0.301. The third kappa shape index (κ3) is 2.17. The number of aliphatic hydroxyl groups is 1. The van der Waals surface area contributed by atoms with Gasteiger partial charge in [0.2, 0.25) is 0 Å². The van der Waals surface area contributed by atoms with E-state index >= 15 is 0 Å². The van der Waals surface area contributed by atoms with Gasteiger partial charge in [0.15, 0.2) is 0 Å². The Kier molecular flexibility index (Phi) is 3.33. The molecule has 2 N–H and O–H groups in total. The van der Waals surface area contributed by atoms with Crippen molar-refractivity contribution in [2.24, 2.45) is 0 Å². The number of H-pyrrole nitrogens is 1. The van der Waals surface area contributed by atoms with Gasteiger partial charge in [0.05, 0.1) is 23.4 Å². The molecule has 2 heterocycles. The Labute approximate surface area is 115 Å². The molecule has 0 saturated heterocycles. The number of aromatic amines is 1. The standard InChI is InChI=1S/C14H17NO3S/c1-18-14(17)12-6-10-13(19-12)9(7-15-10)8-4-2-3-5-11(8)16/h6-8,11,15-16H,2-5H2,1H3. The largest absolute Gasteiger partial charge is 0.465 e. The monoisotopic (exact) mass is 279 g/mol. The lowest BCUT2D eigenvalue weighted by molar-refractivity contribution is 0.0606. The number of rotatable bonds is 2. The molecule has 0 aliphatic heterocycles. The highest BCUT2D eigenvalue weighted by Gasteiger charge is 2.27. The van der Waals surface area contributed by atoms with Crippen LogP contribution in [0.1, 0.15) is 46.8 Å². The maximum absolute atomic E-state index is 11.6. The van der Waals surface area contributed by atoms with Crippen LogP contribution in [0.4, 0.5) is 0 Å². The lowest BCUT2D eigenvalue weighted by Crippen LogP contribution is -2.22. The van der Waals surface area contributed by atoms with Crippen molar-refractivity contribution < 1.29 is 14.6 Å². The zero-order valence-corrected chi connectivity index (χ0v) is 11.6. The van der Waals surface area contributed by atoms with Gasteiger partial charge in [-0.05, 0) is 24.5 Å². The van der Waals surface area contributed by atoms with Crippen molar-refractivity contribution in [2.45, 2.75) is 37.7 Å². The van der Waals surface area contributed by atoms with Crippen molar-refractivity contribution in [2.75, 3.05) is 7.11 Å². The van der Waals surface area contributed by atoms with Crippen LogP contribution in [0.5, 0.6) is 0 Å². The number of hydrogen-bond donors (Lipinski definition) is 2. The van der Waals surface area contributed by atoms with Crippen LogP contribution in [0.15, 0.2) is 12.3 Å². The lowest BCUT2D eigenvalue weighted by atomic mass is 9.83. The fourth-order valence-corrected chi connectivity index (χ4v) is 4.00. The van der Waals surface area contributed by atoms with E-state index in [0.717, 1.165) is 41.5 Å². The topological polar surface area (TPSA) is 62.3 Å². The van der Waals surface area contributed by atoms with Crippen LogP contribution in [0.25, 0.3) is 10.2 Å². The summed E-state index contributed by atoms with van der Waals surface area (Å²) in [4.78, 5) is 15.4. The third-order valence-electron chi connectivity index (χ3n) is 3.89. The second-order valence-electron chi connectivity index (χ2n) is 5.05. The Morgan fingerprint density at radius 1 is 1.47 bits per heavy atom. The molecule has 0 spiro atoms. The van der Waals surface area contributed by atoms with Gasteiger partial charge in [-0.2, -0.15) is 0 Å². The fraction of sp³-hybridized carbons (Fsp3) is 0.500. The normalized spacial score (nSPS) is 23.7. The minimum Gasteiger partial charge on any atom is -0.465 e. The van der Waals surface area contributed by atoms with E-state index in [0.29, 0.717) is 4.88 Å². The van der Waals surface area contributed by atoms with E-state index in [4.69, 9.17) is 4.74 Å². The molecule has 3 rings (SSSR count). The maximum atomic E-state index is 11.6. The van der Waals surface area contributed by atoms with Crippen LogP contribution in [-0.4, -0.2) is 29.3 Å². The number of fused-ring (bicyclic) bond motifs is 1. The second-order valence-corrected chi connectivity index (χ2v) is 6.10. The van der Waals surface area contributed by atoms with Gasteiger partial charge in [0, 0.05) is 12.1 Å². The number of thiophene rings is 1. The number of hydrogen-bond acceptors (Lipinski definition) is 4. The molecule has 1 fully saturated rings. The molecule has 0 amide bonds. The zero-order chi connectivity index (χ0) is 13.4. The molecule has 2 aromatic rings. The van der Waals surface area contributed by atoms with Crippen LogP contribution in [0.3, 0.4) is 0 Å². The van der Waals surface area contributed by atoms with Crippen molar-refractivity contribution in [1.82, 2.24) is 4.98 Å². The van der Waals surface area contributed by atoms with Gasteiger partial charge in [-0.3, -0.25) is 0 Å². The van der Waals surface area contributed by atoms with E-state index in [1.807, 2.05) is 12.3 Å². The Hall–Kier alpha value is -1.33. The summed E-state index contributed by atoms with van der Waals surface area (Å²) in [6.45, 7) is 0. The smallest absolute Gasteiger partial charge is 0.348 e. The molecule has 5 heteroatoms. The van der Waals surface area contributed by atoms with Crippen LogP contribution in [0.2, 0.25) is 0 Å². The molecule has 19 heavy (non-hydrogen) atoms. The van der Waals surface area contributed by atoms with E-state index in [2.05, 4.69) is 4.98 Å². The van der Waals surface area contributed by atoms with Gasteiger partial charge in [0.1, 0.15) is 4.88 Å². The van der Waals surface area contributed by atoms with Gasteiger partial charge in [0.25, 0.3) is 0 Å². The van der Waals surface area contributed by atoms with Crippen molar-refractivity contribution in [3.63, 3.8) is 0 Å². The van der Waals surface area contributed by atoms with Crippen LogP contribution < -0.4 is 0 Å². The second kappa shape index (κ2) is 4.98. The number of carbonyl (C=O) groups is 1. The SMILES string of the molecule is COC(=O)c1cc2[nH]cc(C3CCCCC3O)c2s1. The predicted molar refractivity (Wildman–Crippen MR) is 74.7 cm³/mol. The average molecular weight is 279 g/mol. The summed E-state index contributed by atoms with van der Waals surface area (Å²) in [5.41, 5.74) is 2.10. The minimum absolute atomic E-state index is 0.187. The first-order valence-corrected chi connectivity index (χ1v) is 7.39. The number of methoxy groups -OCH3 is 1. The number of aliphatic hydroxyl groups excluding tert-OH is 1. The molecule has 0 bridgehead atoms. The first kappa shape index (κ1) is 12.7.